The number of nitrogens with one attached hydrogen (secondary N) is 1. The third-order valence-electron chi connectivity index (χ3n) is 11.2. The second kappa shape index (κ2) is 19.5. The molecule has 3 heterocycles. The molecule has 0 radical (unpaired) electrons. The summed E-state index contributed by atoms with van der Waals surface area (Å²) in [5, 5.41) is 18.1. The molecule has 11 atom stereocenters. The molecule has 17 heteroatoms. The molecule has 16 nitrogen and oxygen atoms in total. The minimum atomic E-state index is -1.20. The van der Waals surface area contributed by atoms with E-state index in [0.717, 1.165) is 0 Å². The summed E-state index contributed by atoms with van der Waals surface area (Å²) in [6.45, 7) is 18.2. The van der Waals surface area contributed by atoms with Gasteiger partial charge in [0.05, 0.1) is 35.5 Å². The van der Waals surface area contributed by atoms with Gasteiger partial charge in [-0.25, -0.2) is 9.59 Å². The van der Waals surface area contributed by atoms with Gasteiger partial charge in [0.1, 0.15) is 11.4 Å². The topological polar surface area (TPSA) is 194 Å². The third-order valence-corrected chi connectivity index (χ3v) is 12.0. The number of cyclic esters (lactones) is 2. The van der Waals surface area contributed by atoms with Crippen molar-refractivity contribution in [1.82, 2.24) is 15.1 Å². The van der Waals surface area contributed by atoms with Crippen LogP contribution in [0.2, 0.25) is 0 Å². The predicted octanol–water partition coefficient (Wildman–Crippen LogP) is 5.78. The number of carbonyl (C=O) groups excluding carboxylic acids is 2. The lowest BCUT2D eigenvalue weighted by atomic mass is 9.80. The van der Waals surface area contributed by atoms with E-state index in [2.05, 4.69) is 22.3 Å². The van der Waals surface area contributed by atoms with Crippen molar-refractivity contribution in [3.05, 3.63) is 21.8 Å². The minimum Gasteiger partial charge on any atom is -0.456 e. The van der Waals surface area contributed by atoms with Crippen molar-refractivity contribution in [3.63, 3.8) is 0 Å². The van der Waals surface area contributed by atoms with E-state index >= 15 is 0 Å². The van der Waals surface area contributed by atoms with Crippen LogP contribution in [-0.2, 0) is 37.8 Å². The number of azide groups is 1. The van der Waals surface area contributed by atoms with E-state index in [1.54, 1.807) is 39.7 Å². The Balaban J connectivity index is 1.89. The lowest BCUT2D eigenvalue weighted by molar-refractivity contribution is -0.266. The molecule has 2 saturated heterocycles. The maximum Gasteiger partial charge on any atom is 0.410 e. The van der Waals surface area contributed by atoms with Crippen LogP contribution in [0.3, 0.4) is 0 Å². The van der Waals surface area contributed by atoms with E-state index in [1.807, 2.05) is 46.7 Å². The molecule has 2 fully saturated rings. The molecule has 0 bridgehead atoms. The van der Waals surface area contributed by atoms with Gasteiger partial charge in [-0.1, -0.05) is 25.9 Å². The van der Waals surface area contributed by atoms with E-state index in [9.17, 15) is 19.3 Å². The summed E-state index contributed by atoms with van der Waals surface area (Å²) < 4.78 is 49.9. The first-order valence-corrected chi connectivity index (χ1v) is 20.0. The van der Waals surface area contributed by atoms with Crippen LogP contribution >= 0.6 is 8.46 Å². The maximum absolute atomic E-state index is 13.1. The Kier molecular flexibility index (Phi) is 16.6. The standard InChI is InChI=1S/C37H65N6O10P/c1-13-28(44)37(9)27(43(34(46)53-37)17-15-14-16-40-41-38)21-39-20-22(2)19-36(8,48-12)31(24(4)29-25(5)32(45)52-35(6,7)51-29)50-33-30(54-47)26(42(10)11)18-23(3)49-33/h22-24,26-28,30-31,33,39,44H,13-21H2,1-12H3/t22-,23?,24+,26?,27-,28-,30?,31-,33+,36-,37+/m1/s1. The highest BCUT2D eigenvalue weighted by Crippen LogP contribution is 2.42. The van der Waals surface area contributed by atoms with Crippen LogP contribution in [0.15, 0.2) is 16.4 Å². The smallest absolute Gasteiger partial charge is 0.410 e. The van der Waals surface area contributed by atoms with Crippen molar-refractivity contribution < 1.29 is 47.7 Å². The summed E-state index contributed by atoms with van der Waals surface area (Å²) in [7, 11) is 5.42. The number of hydrogen-bond acceptors (Lipinski definition) is 13. The molecule has 0 aromatic carbocycles. The molecule has 2 N–H and O–H groups in total. The maximum atomic E-state index is 13.1. The molecule has 3 aliphatic heterocycles. The van der Waals surface area contributed by atoms with Gasteiger partial charge >= 0.3 is 12.1 Å². The van der Waals surface area contributed by atoms with Crippen molar-refractivity contribution >= 4 is 20.5 Å². The number of methoxy groups -OCH3 is 1. The van der Waals surface area contributed by atoms with Crippen LogP contribution in [0.1, 0.15) is 94.4 Å². The summed E-state index contributed by atoms with van der Waals surface area (Å²) in [4.78, 5) is 32.6. The van der Waals surface area contributed by atoms with Crippen molar-refractivity contribution in [3.8, 4) is 0 Å². The Hall–Kier alpha value is -2.55. The first-order chi connectivity index (χ1) is 25.3. The van der Waals surface area contributed by atoms with Crippen molar-refractivity contribution in [2.75, 3.05) is 47.4 Å². The molecular weight excluding hydrogens is 719 g/mol. The van der Waals surface area contributed by atoms with E-state index in [0.29, 0.717) is 69.6 Å². The molecule has 0 saturated carbocycles. The molecule has 0 aliphatic carbocycles. The van der Waals surface area contributed by atoms with Gasteiger partial charge in [-0.2, -0.15) is 0 Å². The highest BCUT2D eigenvalue weighted by atomic mass is 31.1. The molecule has 3 unspecified atom stereocenters. The summed E-state index contributed by atoms with van der Waals surface area (Å²) in [5.41, 5.74) is 6.37. The quantitative estimate of drug-likeness (QED) is 0.0357. The Morgan fingerprint density at radius 3 is 2.48 bits per heavy atom. The molecule has 308 valence electrons. The van der Waals surface area contributed by atoms with Crippen LogP contribution in [0.5, 0.6) is 0 Å². The van der Waals surface area contributed by atoms with Gasteiger partial charge in [-0.3, -0.25) is 9.46 Å². The number of esters is 1. The summed E-state index contributed by atoms with van der Waals surface area (Å²) >= 11 is 0. The van der Waals surface area contributed by atoms with E-state index in [1.165, 1.54) is 0 Å². The molecular formula is C37H65N6O10P. The monoisotopic (exact) mass is 784 g/mol. The number of unbranched alkanes of at least 4 members (excludes halogenated alkanes) is 1. The summed E-state index contributed by atoms with van der Waals surface area (Å²) in [5.74, 6) is -1.77. The fourth-order valence-electron chi connectivity index (χ4n) is 8.11. The zero-order valence-corrected chi connectivity index (χ0v) is 35.3. The number of aliphatic hydroxyl groups excluding tert-OH is 1. The van der Waals surface area contributed by atoms with Gasteiger partial charge < -0.3 is 43.7 Å². The molecule has 3 aliphatic rings. The second-order valence-corrected chi connectivity index (χ2v) is 17.0. The van der Waals surface area contributed by atoms with Crippen molar-refractivity contribution in [2.45, 2.75) is 154 Å². The highest BCUT2D eigenvalue weighted by Gasteiger charge is 2.54. The van der Waals surface area contributed by atoms with Crippen molar-refractivity contribution in [1.29, 1.82) is 0 Å². The van der Waals surface area contributed by atoms with Crippen LogP contribution in [0.25, 0.3) is 10.4 Å². The fourth-order valence-corrected chi connectivity index (χ4v) is 8.88. The molecule has 0 spiro atoms. The SMILES string of the molecule is CC[C@@H](O)[C@@]1(C)OC(=O)N(CCCCN=[N+]=[N-])[C@@H]1CNC[C@H](C)C[C@@](C)(OC)[C@H](O[C@@H]1OC(C)CC(N(C)C)C1P=O)[C@@H](C)C1=C(C)C(=O)OC(C)(C)O1. The average molecular weight is 785 g/mol. The normalized spacial score (nSPS) is 30.6. The van der Waals surface area contributed by atoms with Gasteiger partial charge in [0.2, 0.25) is 5.79 Å². The fraction of sp³-hybridized carbons (Fsp3) is 0.892. The number of nitrogens with zero attached hydrogens (tertiary/aromatic N) is 5. The number of ether oxygens (including phenoxy) is 6. The van der Waals surface area contributed by atoms with Gasteiger partial charge in [0.25, 0.3) is 0 Å². The number of rotatable bonds is 21. The Morgan fingerprint density at radius 1 is 1.20 bits per heavy atom. The zero-order chi connectivity index (χ0) is 40.6. The predicted molar refractivity (Wildman–Crippen MR) is 203 cm³/mol. The summed E-state index contributed by atoms with van der Waals surface area (Å²) in [6.07, 6.45) is -0.281. The lowest BCUT2D eigenvalue weighted by Crippen LogP contribution is -2.57. The number of hydrogen-bond donors (Lipinski definition) is 2. The highest BCUT2D eigenvalue weighted by molar-refractivity contribution is 7.25. The molecule has 1 amide bonds. The minimum absolute atomic E-state index is 0.0103. The van der Waals surface area contributed by atoms with Crippen LogP contribution < -0.4 is 5.32 Å². The van der Waals surface area contributed by atoms with Crippen LogP contribution in [-0.4, -0.2) is 134 Å². The number of amides is 1. The molecule has 0 aromatic heterocycles. The molecule has 54 heavy (non-hydrogen) atoms. The van der Waals surface area contributed by atoms with Gasteiger partial charge in [0.15, 0.2) is 20.4 Å². The average Bonchev–Trinajstić information content (AvgIpc) is 3.35. The Labute approximate surface area is 322 Å². The van der Waals surface area contributed by atoms with E-state index < -0.39 is 65.2 Å². The second-order valence-electron chi connectivity index (χ2n) is 16.2. The third kappa shape index (κ3) is 10.8. The Bertz CT molecular complexity index is 1380. The first kappa shape index (κ1) is 45.8. The number of aliphatic hydroxyl groups is 1. The zero-order valence-electron chi connectivity index (χ0n) is 34.4. The van der Waals surface area contributed by atoms with E-state index in [4.69, 9.17) is 34.0 Å². The molecule has 3 rings (SSSR count). The Morgan fingerprint density at radius 2 is 1.89 bits per heavy atom. The summed E-state index contributed by atoms with van der Waals surface area (Å²) in [6, 6.07) is -0.517. The number of carbonyl (C=O) groups is 2. The largest absolute Gasteiger partial charge is 0.456 e. The van der Waals surface area contributed by atoms with E-state index in [-0.39, 0.29) is 26.5 Å². The first-order valence-electron chi connectivity index (χ1n) is 19.2. The van der Waals surface area contributed by atoms with Crippen LogP contribution in [0.4, 0.5) is 4.79 Å². The lowest BCUT2D eigenvalue weighted by Gasteiger charge is -2.47. The van der Waals surface area contributed by atoms with Gasteiger partial charge in [0, 0.05) is 57.5 Å². The van der Waals surface area contributed by atoms with Crippen LogP contribution in [0, 0.1) is 11.8 Å². The van der Waals surface area contributed by atoms with Gasteiger partial charge in [-0.15, -0.1) is 0 Å². The van der Waals surface area contributed by atoms with Gasteiger partial charge in [-0.05, 0) is 91.9 Å². The molecule has 0 aromatic rings. The van der Waals surface area contributed by atoms with Crippen molar-refractivity contribution in [2.24, 2.45) is 17.0 Å².